The number of hydrogen-bond donors (Lipinski definition) is 2. The van der Waals surface area contributed by atoms with Gasteiger partial charge in [0.05, 0.1) is 0 Å². The van der Waals surface area contributed by atoms with Crippen molar-refractivity contribution in [3.05, 3.63) is 0 Å². The maximum atomic E-state index is 10.3. The molecule has 0 bridgehead atoms. The molecule has 0 aromatic heterocycles. The van der Waals surface area contributed by atoms with Gasteiger partial charge in [0.1, 0.15) is 6.04 Å². The predicted octanol–water partition coefficient (Wildman–Crippen LogP) is 0.834. The van der Waals surface area contributed by atoms with E-state index in [1.165, 1.54) is 6.42 Å². The molecular weight excluding hydrogens is 142 g/mol. The van der Waals surface area contributed by atoms with Crippen molar-refractivity contribution in [1.82, 2.24) is 0 Å². The van der Waals surface area contributed by atoms with Crippen LogP contribution in [0.25, 0.3) is 0 Å². The molecule has 0 spiro atoms. The van der Waals surface area contributed by atoms with Crippen molar-refractivity contribution in [2.45, 2.75) is 32.2 Å². The van der Waals surface area contributed by atoms with Crippen molar-refractivity contribution in [2.24, 2.45) is 17.6 Å². The third-order valence-electron chi connectivity index (χ3n) is 2.47. The minimum absolute atomic E-state index is 0.589. The maximum absolute atomic E-state index is 10.3. The van der Waals surface area contributed by atoms with Crippen LogP contribution in [0.2, 0.25) is 0 Å². The van der Waals surface area contributed by atoms with Gasteiger partial charge in [-0.3, -0.25) is 4.79 Å². The van der Waals surface area contributed by atoms with Gasteiger partial charge in [0.2, 0.25) is 0 Å². The molecule has 0 saturated heterocycles. The van der Waals surface area contributed by atoms with Crippen LogP contribution in [0, 0.1) is 11.8 Å². The number of carboxylic acid groups (broad SMARTS) is 1. The number of hydrogen-bond acceptors (Lipinski definition) is 2. The molecule has 0 unspecified atom stereocenters. The second-order valence-corrected chi connectivity index (χ2v) is 3.34. The SMILES string of the molecule is CC[C@@H]1C[C@H]1C[C@H](N)C(=O)O. The van der Waals surface area contributed by atoms with Gasteiger partial charge in [-0.15, -0.1) is 0 Å². The monoisotopic (exact) mass is 157 g/mol. The van der Waals surface area contributed by atoms with E-state index in [1.807, 2.05) is 0 Å². The molecule has 1 saturated carbocycles. The molecule has 3 heteroatoms. The number of nitrogens with two attached hydrogens (primary N) is 1. The van der Waals surface area contributed by atoms with E-state index in [1.54, 1.807) is 0 Å². The summed E-state index contributed by atoms with van der Waals surface area (Å²) in [5.74, 6) is 0.471. The zero-order valence-electron chi connectivity index (χ0n) is 6.79. The van der Waals surface area contributed by atoms with Crippen LogP contribution in [-0.4, -0.2) is 17.1 Å². The summed E-state index contributed by atoms with van der Waals surface area (Å²) in [5, 5.41) is 8.49. The highest BCUT2D eigenvalue weighted by Crippen LogP contribution is 2.43. The van der Waals surface area contributed by atoms with Crippen LogP contribution in [0.15, 0.2) is 0 Å². The Hall–Kier alpha value is -0.570. The smallest absolute Gasteiger partial charge is 0.320 e. The molecule has 1 aliphatic rings. The fourth-order valence-electron chi connectivity index (χ4n) is 1.53. The summed E-state index contributed by atoms with van der Waals surface area (Å²) >= 11 is 0. The normalized spacial score (nSPS) is 31.5. The van der Waals surface area contributed by atoms with Gasteiger partial charge in [-0.1, -0.05) is 13.3 Å². The first-order chi connectivity index (χ1) is 5.15. The Morgan fingerprint density at radius 3 is 2.73 bits per heavy atom. The molecule has 0 radical (unpaired) electrons. The van der Waals surface area contributed by atoms with E-state index >= 15 is 0 Å². The van der Waals surface area contributed by atoms with Crippen molar-refractivity contribution in [3.8, 4) is 0 Å². The molecule has 1 rings (SSSR count). The Kier molecular flexibility index (Phi) is 2.49. The van der Waals surface area contributed by atoms with Gasteiger partial charge in [-0.2, -0.15) is 0 Å². The second-order valence-electron chi connectivity index (χ2n) is 3.34. The molecular formula is C8H15NO2. The highest BCUT2D eigenvalue weighted by atomic mass is 16.4. The summed E-state index contributed by atoms with van der Waals surface area (Å²) in [4.78, 5) is 10.3. The van der Waals surface area contributed by atoms with E-state index in [-0.39, 0.29) is 0 Å². The molecule has 11 heavy (non-hydrogen) atoms. The predicted molar refractivity (Wildman–Crippen MR) is 42.1 cm³/mol. The fraction of sp³-hybridized carbons (Fsp3) is 0.875. The van der Waals surface area contributed by atoms with E-state index < -0.39 is 12.0 Å². The zero-order chi connectivity index (χ0) is 8.43. The molecule has 1 fully saturated rings. The lowest BCUT2D eigenvalue weighted by Gasteiger charge is -2.03. The quantitative estimate of drug-likeness (QED) is 0.635. The van der Waals surface area contributed by atoms with Crippen LogP contribution in [0.1, 0.15) is 26.2 Å². The minimum atomic E-state index is -0.869. The van der Waals surface area contributed by atoms with Crippen molar-refractivity contribution in [2.75, 3.05) is 0 Å². The summed E-state index contributed by atoms with van der Waals surface area (Å²) in [5.41, 5.74) is 5.37. The number of carbonyl (C=O) groups is 1. The highest BCUT2D eigenvalue weighted by molar-refractivity contribution is 5.73. The van der Waals surface area contributed by atoms with Crippen molar-refractivity contribution in [3.63, 3.8) is 0 Å². The standard InChI is InChI=1S/C8H15NO2/c1-2-5-3-6(5)4-7(9)8(10)11/h5-7H,2-4,9H2,1H3,(H,10,11)/t5-,6+,7+/m1/s1. The number of carboxylic acids is 1. The van der Waals surface area contributed by atoms with Crippen LogP contribution < -0.4 is 5.73 Å². The second kappa shape index (κ2) is 3.22. The summed E-state index contributed by atoms with van der Waals surface area (Å²) in [7, 11) is 0. The Balaban J connectivity index is 2.18. The van der Waals surface area contributed by atoms with Crippen molar-refractivity contribution in [1.29, 1.82) is 0 Å². The van der Waals surface area contributed by atoms with Gasteiger partial charge < -0.3 is 10.8 Å². The van der Waals surface area contributed by atoms with Gasteiger partial charge in [0, 0.05) is 0 Å². The molecule has 64 valence electrons. The summed E-state index contributed by atoms with van der Waals surface area (Å²) in [6, 6.07) is -0.642. The van der Waals surface area contributed by atoms with E-state index in [0.29, 0.717) is 12.3 Å². The summed E-state index contributed by atoms with van der Waals surface area (Å²) in [6.07, 6.45) is 3.00. The lowest BCUT2D eigenvalue weighted by molar-refractivity contribution is -0.138. The largest absolute Gasteiger partial charge is 0.480 e. The van der Waals surface area contributed by atoms with Crippen molar-refractivity contribution < 1.29 is 9.90 Å². The molecule has 3 atom stereocenters. The third kappa shape index (κ3) is 2.19. The molecule has 0 aliphatic heterocycles. The van der Waals surface area contributed by atoms with Crippen molar-refractivity contribution >= 4 is 5.97 Å². The van der Waals surface area contributed by atoms with Crippen LogP contribution in [0.5, 0.6) is 0 Å². The van der Waals surface area contributed by atoms with Gasteiger partial charge in [0.15, 0.2) is 0 Å². The molecule has 0 heterocycles. The van der Waals surface area contributed by atoms with Crippen LogP contribution in [-0.2, 0) is 4.79 Å². The summed E-state index contributed by atoms with van der Waals surface area (Å²) in [6.45, 7) is 2.14. The minimum Gasteiger partial charge on any atom is -0.480 e. The molecule has 0 amide bonds. The van der Waals surface area contributed by atoms with E-state index in [2.05, 4.69) is 6.92 Å². The Morgan fingerprint density at radius 2 is 2.36 bits per heavy atom. The zero-order valence-corrected chi connectivity index (χ0v) is 6.79. The molecule has 3 nitrogen and oxygen atoms in total. The Labute approximate surface area is 66.6 Å². The lowest BCUT2D eigenvalue weighted by Crippen LogP contribution is -2.30. The molecule has 0 aromatic carbocycles. The topological polar surface area (TPSA) is 63.3 Å². The number of aliphatic carboxylic acids is 1. The van der Waals surface area contributed by atoms with E-state index in [9.17, 15) is 4.79 Å². The summed E-state index contributed by atoms with van der Waals surface area (Å²) < 4.78 is 0. The van der Waals surface area contributed by atoms with E-state index in [0.717, 1.165) is 12.3 Å². The van der Waals surface area contributed by atoms with Gasteiger partial charge in [-0.05, 0) is 24.7 Å². The first-order valence-electron chi connectivity index (χ1n) is 4.13. The van der Waals surface area contributed by atoms with E-state index in [4.69, 9.17) is 10.8 Å². The molecule has 1 aliphatic carbocycles. The Bertz CT molecular complexity index is 158. The average Bonchev–Trinajstić information content (AvgIpc) is 2.67. The third-order valence-corrected chi connectivity index (χ3v) is 2.47. The first-order valence-corrected chi connectivity index (χ1v) is 4.13. The average molecular weight is 157 g/mol. The maximum Gasteiger partial charge on any atom is 0.320 e. The van der Waals surface area contributed by atoms with Gasteiger partial charge >= 0.3 is 5.97 Å². The number of rotatable bonds is 4. The van der Waals surface area contributed by atoms with Crippen LogP contribution in [0.4, 0.5) is 0 Å². The molecule has 0 aromatic rings. The van der Waals surface area contributed by atoms with Crippen LogP contribution in [0.3, 0.4) is 0 Å². The van der Waals surface area contributed by atoms with Gasteiger partial charge in [0.25, 0.3) is 0 Å². The first kappa shape index (κ1) is 8.53. The van der Waals surface area contributed by atoms with Crippen LogP contribution >= 0.6 is 0 Å². The highest BCUT2D eigenvalue weighted by Gasteiger charge is 2.37. The lowest BCUT2D eigenvalue weighted by atomic mass is 10.1. The molecule has 3 N–H and O–H groups in total. The Morgan fingerprint density at radius 1 is 1.73 bits per heavy atom. The fourth-order valence-corrected chi connectivity index (χ4v) is 1.53. The van der Waals surface area contributed by atoms with Gasteiger partial charge in [-0.25, -0.2) is 0 Å².